The topological polar surface area (TPSA) is 53.6 Å². The largest absolute Gasteiger partial charge is 0.346 e. The van der Waals surface area contributed by atoms with Crippen LogP contribution in [0.3, 0.4) is 0 Å². The highest BCUT2D eigenvalue weighted by Gasteiger charge is 2.12. The molecule has 0 radical (unpaired) electrons. The van der Waals surface area contributed by atoms with Crippen molar-refractivity contribution in [3.63, 3.8) is 0 Å². The Kier molecular flexibility index (Phi) is 2.27. The number of anilines is 2. The highest BCUT2D eigenvalue weighted by atomic mass is 15.1. The van der Waals surface area contributed by atoms with Gasteiger partial charge in [0.25, 0.3) is 0 Å². The lowest BCUT2D eigenvalue weighted by Gasteiger charge is -2.06. The Balaban J connectivity index is 1.66. The fourth-order valence-electron chi connectivity index (χ4n) is 2.62. The maximum absolute atomic E-state index is 4.65. The quantitative estimate of drug-likeness (QED) is 0.734. The fraction of sp³-hybridized carbons (Fsp3) is 0.200. The summed E-state index contributed by atoms with van der Waals surface area (Å²) in [5.41, 5.74) is 3.51. The van der Waals surface area contributed by atoms with E-state index in [4.69, 9.17) is 0 Å². The molecule has 3 aromatic rings. The zero-order valence-electron chi connectivity index (χ0n) is 10.5. The van der Waals surface area contributed by atoms with Crippen molar-refractivity contribution in [2.24, 2.45) is 0 Å². The number of hydrogen-bond donors (Lipinski definition) is 2. The van der Waals surface area contributed by atoms with Gasteiger partial charge in [-0.05, 0) is 49.1 Å². The van der Waals surface area contributed by atoms with E-state index in [1.54, 1.807) is 0 Å². The zero-order chi connectivity index (χ0) is 12.7. The Morgan fingerprint density at radius 1 is 0.947 bits per heavy atom. The van der Waals surface area contributed by atoms with Crippen molar-refractivity contribution in [2.75, 3.05) is 5.32 Å². The maximum Gasteiger partial charge on any atom is 0.139 e. The van der Waals surface area contributed by atoms with E-state index in [0.717, 1.165) is 35.5 Å². The van der Waals surface area contributed by atoms with Crippen LogP contribution in [0, 0.1) is 0 Å². The molecule has 2 N–H and O–H groups in total. The Morgan fingerprint density at radius 3 is 2.84 bits per heavy atom. The number of rotatable bonds is 2. The summed E-state index contributed by atoms with van der Waals surface area (Å²) in [6.07, 6.45) is 5.37. The third kappa shape index (κ3) is 1.85. The third-order valence-electron chi connectivity index (χ3n) is 3.59. The fourth-order valence-corrected chi connectivity index (χ4v) is 2.62. The molecule has 4 nitrogen and oxygen atoms in total. The van der Waals surface area contributed by atoms with Gasteiger partial charge >= 0.3 is 0 Å². The van der Waals surface area contributed by atoms with Gasteiger partial charge in [-0.2, -0.15) is 0 Å². The van der Waals surface area contributed by atoms with Crippen LogP contribution in [0.2, 0.25) is 0 Å². The second kappa shape index (κ2) is 4.09. The molecule has 0 saturated heterocycles. The second-order valence-electron chi connectivity index (χ2n) is 4.89. The van der Waals surface area contributed by atoms with Gasteiger partial charge in [0.2, 0.25) is 0 Å². The number of nitrogens with zero attached hydrogens (tertiary/aromatic N) is 2. The number of aromatic amines is 1. The van der Waals surface area contributed by atoms with Crippen molar-refractivity contribution in [1.82, 2.24) is 15.0 Å². The first kappa shape index (κ1) is 10.6. The lowest BCUT2D eigenvalue weighted by molar-refractivity contribution is 0.900. The number of aryl methyl sites for hydroxylation is 2. The minimum atomic E-state index is 0.820. The van der Waals surface area contributed by atoms with Crippen molar-refractivity contribution in [1.29, 1.82) is 0 Å². The Bertz CT molecular complexity index is 745. The first-order valence-corrected chi connectivity index (χ1v) is 6.58. The molecule has 3 heterocycles. The van der Waals surface area contributed by atoms with Crippen LogP contribution in [0.25, 0.3) is 11.0 Å². The van der Waals surface area contributed by atoms with E-state index in [2.05, 4.69) is 32.4 Å². The van der Waals surface area contributed by atoms with Crippen LogP contribution in [0.1, 0.15) is 17.7 Å². The summed E-state index contributed by atoms with van der Waals surface area (Å²) in [6, 6.07) is 10.2. The van der Waals surface area contributed by atoms with Crippen molar-refractivity contribution in [3.05, 3.63) is 47.8 Å². The van der Waals surface area contributed by atoms with Gasteiger partial charge in [0, 0.05) is 17.3 Å². The number of aromatic nitrogens is 3. The molecular weight excluding hydrogens is 236 g/mol. The van der Waals surface area contributed by atoms with Gasteiger partial charge < -0.3 is 10.3 Å². The van der Waals surface area contributed by atoms with Gasteiger partial charge in [0.05, 0.1) is 0 Å². The zero-order valence-corrected chi connectivity index (χ0v) is 10.5. The molecule has 0 saturated carbocycles. The average molecular weight is 250 g/mol. The van der Waals surface area contributed by atoms with Gasteiger partial charge in [-0.15, -0.1) is 0 Å². The minimum absolute atomic E-state index is 0.820. The van der Waals surface area contributed by atoms with Gasteiger partial charge in [-0.25, -0.2) is 9.97 Å². The lowest BCUT2D eigenvalue weighted by atomic mass is 10.2. The molecule has 94 valence electrons. The number of hydrogen-bond acceptors (Lipinski definition) is 3. The van der Waals surface area contributed by atoms with Crippen molar-refractivity contribution >= 4 is 22.7 Å². The number of H-pyrrole nitrogens is 1. The minimum Gasteiger partial charge on any atom is -0.346 e. The van der Waals surface area contributed by atoms with Crippen LogP contribution in [0.15, 0.2) is 36.5 Å². The summed E-state index contributed by atoms with van der Waals surface area (Å²) in [4.78, 5) is 12.3. The highest BCUT2D eigenvalue weighted by molar-refractivity contribution is 5.77. The van der Waals surface area contributed by atoms with Gasteiger partial charge in [0.1, 0.15) is 17.3 Å². The molecule has 4 rings (SSSR count). The molecule has 1 aliphatic rings. The van der Waals surface area contributed by atoms with E-state index in [1.807, 2.05) is 24.4 Å². The van der Waals surface area contributed by atoms with Crippen LogP contribution in [0.4, 0.5) is 11.6 Å². The van der Waals surface area contributed by atoms with Crippen LogP contribution in [-0.4, -0.2) is 15.0 Å². The van der Waals surface area contributed by atoms with E-state index < -0.39 is 0 Å². The molecule has 0 aromatic carbocycles. The monoisotopic (exact) mass is 250 g/mol. The van der Waals surface area contributed by atoms with Crippen molar-refractivity contribution < 1.29 is 0 Å². The predicted octanol–water partition coefficient (Wildman–Crippen LogP) is 3.19. The summed E-state index contributed by atoms with van der Waals surface area (Å²) in [6.45, 7) is 0. The van der Waals surface area contributed by atoms with Crippen molar-refractivity contribution in [3.8, 4) is 0 Å². The van der Waals surface area contributed by atoms with Crippen LogP contribution in [0.5, 0.6) is 0 Å². The molecule has 0 unspecified atom stereocenters. The first-order valence-electron chi connectivity index (χ1n) is 6.58. The van der Waals surface area contributed by atoms with Gasteiger partial charge in [-0.1, -0.05) is 6.07 Å². The molecule has 0 fully saturated rings. The average Bonchev–Trinajstić information content (AvgIpc) is 3.05. The summed E-state index contributed by atoms with van der Waals surface area (Å²) >= 11 is 0. The summed E-state index contributed by atoms with van der Waals surface area (Å²) in [7, 11) is 0. The molecule has 0 bridgehead atoms. The lowest BCUT2D eigenvalue weighted by Crippen LogP contribution is -1.98. The van der Waals surface area contributed by atoms with E-state index in [0.29, 0.717) is 0 Å². The molecule has 0 atom stereocenters. The maximum atomic E-state index is 4.65. The molecule has 19 heavy (non-hydrogen) atoms. The molecule has 3 aromatic heterocycles. The van der Waals surface area contributed by atoms with E-state index in [9.17, 15) is 0 Å². The normalized spacial score (nSPS) is 13.7. The SMILES string of the molecule is c1cc2ccc(Nc3ccc4c(n3)CCC4)nc2[nH]1. The first-order chi connectivity index (χ1) is 9.38. The molecule has 0 aliphatic heterocycles. The number of pyridine rings is 2. The van der Waals surface area contributed by atoms with Crippen LogP contribution < -0.4 is 5.32 Å². The Hall–Kier alpha value is -2.36. The van der Waals surface area contributed by atoms with E-state index >= 15 is 0 Å². The summed E-state index contributed by atoms with van der Waals surface area (Å²) in [5, 5.41) is 4.39. The summed E-state index contributed by atoms with van der Waals surface area (Å²) in [5.74, 6) is 1.69. The molecule has 1 aliphatic carbocycles. The van der Waals surface area contributed by atoms with Crippen LogP contribution in [-0.2, 0) is 12.8 Å². The summed E-state index contributed by atoms with van der Waals surface area (Å²) < 4.78 is 0. The van der Waals surface area contributed by atoms with Gasteiger partial charge in [0.15, 0.2) is 0 Å². The number of fused-ring (bicyclic) bond motifs is 2. The molecule has 0 spiro atoms. The standard InChI is InChI=1S/C15H14N4/c1-2-10-4-6-13(17-12(10)3-1)18-14-7-5-11-8-9-16-15(11)19-14/h4-9H,1-3H2,(H2,16,17,18,19). The van der Waals surface area contributed by atoms with E-state index in [1.165, 1.54) is 17.7 Å². The molecular formula is C15H14N4. The third-order valence-corrected chi connectivity index (χ3v) is 3.59. The van der Waals surface area contributed by atoms with E-state index in [-0.39, 0.29) is 0 Å². The molecule has 0 amide bonds. The molecule has 4 heteroatoms. The smallest absolute Gasteiger partial charge is 0.139 e. The predicted molar refractivity (Wildman–Crippen MR) is 75.6 cm³/mol. The Morgan fingerprint density at radius 2 is 1.84 bits per heavy atom. The Labute approximate surface area is 110 Å². The highest BCUT2D eigenvalue weighted by Crippen LogP contribution is 2.23. The van der Waals surface area contributed by atoms with Crippen molar-refractivity contribution in [2.45, 2.75) is 19.3 Å². The number of nitrogens with one attached hydrogen (secondary N) is 2. The van der Waals surface area contributed by atoms with Gasteiger partial charge in [-0.3, -0.25) is 0 Å². The van der Waals surface area contributed by atoms with Crippen LogP contribution >= 0.6 is 0 Å². The second-order valence-corrected chi connectivity index (χ2v) is 4.89.